The number of carboxylic acids is 1. The van der Waals surface area contributed by atoms with Crippen LogP contribution in [0.1, 0.15) is 87.0 Å². The number of allylic oxidation sites excluding steroid dienone is 1. The van der Waals surface area contributed by atoms with Crippen molar-refractivity contribution in [2.45, 2.75) is 99.2 Å². The first-order chi connectivity index (χ1) is 17.0. The number of carboxylic acid groups (broad SMARTS) is 1. The third-order valence-electron chi connectivity index (χ3n) is 11.1. The van der Waals surface area contributed by atoms with E-state index in [1.807, 2.05) is 27.7 Å². The van der Waals surface area contributed by atoms with Crippen molar-refractivity contribution in [2.75, 3.05) is 0 Å². The number of Topliss-reactive ketones (excluding diaryl/α,β-unsaturated/α-hetero) is 3. The number of ketones is 3. The second-order valence-electron chi connectivity index (χ2n) is 13.1. The van der Waals surface area contributed by atoms with Crippen molar-refractivity contribution in [3.8, 4) is 0 Å². The lowest BCUT2D eigenvalue weighted by molar-refractivity contribution is -0.176. The van der Waals surface area contributed by atoms with Crippen molar-refractivity contribution < 1.29 is 38.9 Å². The van der Waals surface area contributed by atoms with Crippen molar-refractivity contribution in [1.29, 1.82) is 0 Å². The van der Waals surface area contributed by atoms with E-state index in [4.69, 9.17) is 4.74 Å². The lowest BCUT2D eigenvalue weighted by atomic mass is 9.42. The van der Waals surface area contributed by atoms with Crippen LogP contribution in [0, 0.1) is 39.4 Å². The zero-order valence-corrected chi connectivity index (χ0v) is 23.0. The minimum absolute atomic E-state index is 0.0766. The molecule has 4 aliphatic rings. The number of aliphatic hydroxyl groups is 1. The summed E-state index contributed by atoms with van der Waals surface area (Å²) in [6, 6.07) is 0. The molecule has 204 valence electrons. The molecule has 4 aliphatic carbocycles. The molecule has 8 atom stereocenters. The van der Waals surface area contributed by atoms with Gasteiger partial charge in [0.15, 0.2) is 11.9 Å². The molecule has 0 aliphatic heterocycles. The largest absolute Gasteiger partial charge is 0.481 e. The highest BCUT2D eigenvalue weighted by Gasteiger charge is 2.74. The summed E-state index contributed by atoms with van der Waals surface area (Å²) in [6.07, 6.45) is -0.552. The van der Waals surface area contributed by atoms with Crippen LogP contribution in [-0.2, 0) is 28.7 Å². The van der Waals surface area contributed by atoms with Crippen molar-refractivity contribution in [3.63, 3.8) is 0 Å². The molecule has 0 heterocycles. The Bertz CT molecular complexity index is 1120. The maximum Gasteiger partial charge on any atom is 0.303 e. The Kier molecular flexibility index (Phi) is 6.42. The predicted molar refractivity (Wildman–Crippen MR) is 133 cm³/mol. The van der Waals surface area contributed by atoms with Gasteiger partial charge in [0.1, 0.15) is 5.78 Å². The van der Waals surface area contributed by atoms with E-state index in [0.29, 0.717) is 24.8 Å². The Labute approximate surface area is 218 Å². The van der Waals surface area contributed by atoms with E-state index in [2.05, 4.69) is 0 Å². The maximum atomic E-state index is 14.5. The fourth-order valence-electron chi connectivity index (χ4n) is 8.71. The number of aliphatic carboxylic acids is 1. The van der Waals surface area contributed by atoms with Gasteiger partial charge in [-0.05, 0) is 49.4 Å². The second kappa shape index (κ2) is 8.58. The molecule has 0 amide bonds. The van der Waals surface area contributed by atoms with Gasteiger partial charge in [-0.3, -0.25) is 24.0 Å². The van der Waals surface area contributed by atoms with Gasteiger partial charge in [0, 0.05) is 48.2 Å². The molecule has 0 aromatic heterocycles. The van der Waals surface area contributed by atoms with Gasteiger partial charge in [-0.1, -0.05) is 34.6 Å². The molecule has 4 rings (SSSR count). The number of ether oxygens (including phenoxy) is 1. The van der Waals surface area contributed by atoms with E-state index in [1.54, 1.807) is 13.8 Å². The zero-order valence-electron chi connectivity index (χ0n) is 23.0. The lowest BCUT2D eigenvalue weighted by Crippen LogP contribution is -2.65. The minimum atomic E-state index is -1.36. The predicted octanol–water partition coefficient (Wildman–Crippen LogP) is 3.68. The van der Waals surface area contributed by atoms with Crippen molar-refractivity contribution >= 4 is 29.3 Å². The fourth-order valence-corrected chi connectivity index (χ4v) is 8.71. The SMILES string of the molecule is CC(=O)O[C@@H]1C(=O)C2=C(C(=O)C[C@H]3C(C)(C)[C@@H](O)CC[C@]23C)[C@]2(C)C(=O)C[C@H]([C@H](C)CCC(=O)O)[C@@]12C. The van der Waals surface area contributed by atoms with Gasteiger partial charge in [0.2, 0.25) is 5.78 Å². The molecule has 37 heavy (non-hydrogen) atoms. The van der Waals surface area contributed by atoms with Crippen LogP contribution in [0.5, 0.6) is 0 Å². The summed E-state index contributed by atoms with van der Waals surface area (Å²) in [5.41, 5.74) is -3.40. The lowest BCUT2D eigenvalue weighted by Gasteiger charge is -2.61. The van der Waals surface area contributed by atoms with Crippen LogP contribution in [0.4, 0.5) is 0 Å². The number of fused-ring (bicyclic) bond motifs is 4. The molecule has 8 heteroatoms. The van der Waals surface area contributed by atoms with E-state index < -0.39 is 57.5 Å². The molecule has 0 aromatic rings. The molecule has 0 saturated heterocycles. The Balaban J connectivity index is 1.97. The van der Waals surface area contributed by atoms with E-state index in [1.165, 1.54) is 6.92 Å². The molecule has 2 fully saturated rings. The molecule has 0 bridgehead atoms. The van der Waals surface area contributed by atoms with Gasteiger partial charge in [0.05, 0.1) is 11.5 Å². The molecule has 8 nitrogen and oxygen atoms in total. The Morgan fingerprint density at radius 1 is 1.05 bits per heavy atom. The summed E-state index contributed by atoms with van der Waals surface area (Å²) in [4.78, 5) is 66.1. The number of rotatable bonds is 5. The third-order valence-corrected chi connectivity index (χ3v) is 11.1. The van der Waals surface area contributed by atoms with Gasteiger partial charge in [0.25, 0.3) is 0 Å². The number of carbonyl (C=O) groups is 5. The number of aliphatic hydroxyl groups excluding tert-OH is 1. The number of hydrogen-bond donors (Lipinski definition) is 2. The van der Waals surface area contributed by atoms with Crippen LogP contribution in [0.15, 0.2) is 11.1 Å². The minimum Gasteiger partial charge on any atom is -0.481 e. The Hall–Kier alpha value is -2.35. The summed E-state index contributed by atoms with van der Waals surface area (Å²) in [6.45, 7) is 12.4. The van der Waals surface area contributed by atoms with Crippen molar-refractivity contribution in [3.05, 3.63) is 11.1 Å². The quantitative estimate of drug-likeness (QED) is 0.529. The summed E-state index contributed by atoms with van der Waals surface area (Å²) < 4.78 is 5.77. The van der Waals surface area contributed by atoms with Gasteiger partial charge < -0.3 is 14.9 Å². The topological polar surface area (TPSA) is 135 Å². The van der Waals surface area contributed by atoms with Gasteiger partial charge in [-0.25, -0.2) is 0 Å². The highest BCUT2D eigenvalue weighted by atomic mass is 16.5. The molecule has 2 N–H and O–H groups in total. The van der Waals surface area contributed by atoms with E-state index >= 15 is 0 Å². The van der Waals surface area contributed by atoms with Crippen molar-refractivity contribution in [1.82, 2.24) is 0 Å². The van der Waals surface area contributed by atoms with E-state index in [9.17, 15) is 34.2 Å². The van der Waals surface area contributed by atoms with E-state index in [0.717, 1.165) is 0 Å². The van der Waals surface area contributed by atoms with Gasteiger partial charge in [-0.15, -0.1) is 0 Å². The van der Waals surface area contributed by atoms with Crippen LogP contribution in [-0.4, -0.2) is 51.7 Å². The van der Waals surface area contributed by atoms with Crippen LogP contribution in [0.25, 0.3) is 0 Å². The molecule has 0 unspecified atom stereocenters. The molecule has 0 radical (unpaired) electrons. The number of carbonyl (C=O) groups excluding carboxylic acids is 4. The summed E-state index contributed by atoms with van der Waals surface area (Å²) in [7, 11) is 0. The first kappa shape index (κ1) is 27.7. The first-order valence-electron chi connectivity index (χ1n) is 13.4. The average molecular weight is 517 g/mol. The first-order valence-corrected chi connectivity index (χ1v) is 13.4. The Morgan fingerprint density at radius 2 is 1.68 bits per heavy atom. The molecule has 0 spiro atoms. The van der Waals surface area contributed by atoms with Crippen LogP contribution in [0.3, 0.4) is 0 Å². The Morgan fingerprint density at radius 3 is 2.24 bits per heavy atom. The highest BCUT2D eigenvalue weighted by Crippen LogP contribution is 2.70. The summed E-state index contributed by atoms with van der Waals surface area (Å²) in [5.74, 6) is -3.48. The molecular weight excluding hydrogens is 476 g/mol. The smallest absolute Gasteiger partial charge is 0.303 e. The van der Waals surface area contributed by atoms with Crippen LogP contribution >= 0.6 is 0 Å². The maximum absolute atomic E-state index is 14.5. The van der Waals surface area contributed by atoms with Gasteiger partial charge in [-0.2, -0.15) is 0 Å². The monoisotopic (exact) mass is 516 g/mol. The van der Waals surface area contributed by atoms with E-state index in [-0.39, 0.29) is 48.2 Å². The summed E-state index contributed by atoms with van der Waals surface area (Å²) in [5, 5.41) is 20.0. The summed E-state index contributed by atoms with van der Waals surface area (Å²) >= 11 is 0. The zero-order chi connectivity index (χ0) is 27.9. The highest BCUT2D eigenvalue weighted by molar-refractivity contribution is 6.18. The number of esters is 1. The average Bonchev–Trinajstić information content (AvgIpc) is 3.01. The van der Waals surface area contributed by atoms with Crippen LogP contribution < -0.4 is 0 Å². The molecule has 0 aromatic carbocycles. The van der Waals surface area contributed by atoms with Crippen molar-refractivity contribution in [2.24, 2.45) is 39.4 Å². The molecule has 2 saturated carbocycles. The normalized spacial score (nSPS) is 41.6. The van der Waals surface area contributed by atoms with Gasteiger partial charge >= 0.3 is 11.9 Å². The second-order valence-corrected chi connectivity index (χ2v) is 13.1. The number of hydrogen-bond acceptors (Lipinski definition) is 7. The van der Waals surface area contributed by atoms with Crippen LogP contribution in [0.2, 0.25) is 0 Å². The molecular formula is C29H40O8. The third kappa shape index (κ3) is 3.53. The fraction of sp³-hybridized carbons (Fsp3) is 0.759. The standard InChI is InChI=1S/C29H40O8/c1-14(8-9-21(34)35)16-12-20(33)29(7)22-17(31)13-18-26(3,4)19(32)10-11-27(18,5)23(22)24(36)25(28(16,29)6)37-15(2)30/h14,16,18-19,25,32H,8-13H2,1-7H3,(H,34,35)/t14-,16-,18+,19+,25-,27+,28+,29+/m1/s1.